The Kier molecular flexibility index (Phi) is 2.75. The van der Waals surface area contributed by atoms with Gasteiger partial charge in [-0.15, -0.1) is 0 Å². The molecule has 0 spiro atoms. The first-order valence-corrected chi connectivity index (χ1v) is 5.00. The number of rotatable bonds is 2. The molecule has 1 N–H and O–H groups in total. The van der Waals surface area contributed by atoms with E-state index in [0.29, 0.717) is 16.8 Å². The zero-order chi connectivity index (χ0) is 11.7. The van der Waals surface area contributed by atoms with E-state index in [0.717, 1.165) is 0 Å². The van der Waals surface area contributed by atoms with Gasteiger partial charge in [0, 0.05) is 7.05 Å². The van der Waals surface area contributed by atoms with Gasteiger partial charge in [0.05, 0.1) is 18.2 Å². The lowest BCUT2D eigenvalue weighted by atomic mass is 10.0. The van der Waals surface area contributed by atoms with Crippen LogP contribution in [0.25, 0.3) is 0 Å². The van der Waals surface area contributed by atoms with E-state index in [-0.39, 0.29) is 5.82 Å². The molecule has 1 unspecified atom stereocenters. The van der Waals surface area contributed by atoms with Crippen molar-refractivity contribution in [3.05, 3.63) is 53.4 Å². The van der Waals surface area contributed by atoms with Crippen LogP contribution < -0.4 is 0 Å². The summed E-state index contributed by atoms with van der Waals surface area (Å²) in [5.74, 6) is -0.263. The minimum Gasteiger partial charge on any atom is -0.382 e. The standard InChI is InChI=1S/C12H13FN2O/c1-8-5-9(3-4-10(8)13)12(16)11-6-14-7-15(11)2/h3-7,12,16H,1-2H3. The van der Waals surface area contributed by atoms with E-state index in [1.807, 2.05) is 7.05 Å². The molecule has 16 heavy (non-hydrogen) atoms. The van der Waals surface area contributed by atoms with Crippen LogP contribution in [0, 0.1) is 12.7 Å². The highest BCUT2D eigenvalue weighted by Crippen LogP contribution is 2.22. The Labute approximate surface area is 93.2 Å². The fourth-order valence-corrected chi connectivity index (χ4v) is 1.64. The third-order valence-corrected chi connectivity index (χ3v) is 2.63. The summed E-state index contributed by atoms with van der Waals surface area (Å²) in [6.07, 6.45) is 2.45. The van der Waals surface area contributed by atoms with Crippen LogP contribution in [0.2, 0.25) is 0 Å². The zero-order valence-electron chi connectivity index (χ0n) is 9.18. The Morgan fingerprint density at radius 2 is 2.19 bits per heavy atom. The number of halogens is 1. The number of aryl methyl sites for hydroxylation is 2. The topological polar surface area (TPSA) is 38.1 Å². The van der Waals surface area contributed by atoms with Crippen LogP contribution in [0.1, 0.15) is 22.9 Å². The molecule has 2 rings (SSSR count). The lowest BCUT2D eigenvalue weighted by Gasteiger charge is -2.12. The third-order valence-electron chi connectivity index (χ3n) is 2.63. The Morgan fingerprint density at radius 3 is 2.75 bits per heavy atom. The minimum atomic E-state index is -0.771. The number of aliphatic hydroxyl groups excluding tert-OH is 1. The number of benzene rings is 1. The first kappa shape index (κ1) is 10.8. The lowest BCUT2D eigenvalue weighted by Crippen LogP contribution is -2.05. The van der Waals surface area contributed by atoms with E-state index in [1.165, 1.54) is 6.07 Å². The quantitative estimate of drug-likeness (QED) is 0.840. The van der Waals surface area contributed by atoms with Crippen LogP contribution >= 0.6 is 0 Å². The molecular formula is C12H13FN2O. The number of aromatic nitrogens is 2. The first-order valence-electron chi connectivity index (χ1n) is 5.00. The van der Waals surface area contributed by atoms with Crippen molar-refractivity contribution < 1.29 is 9.50 Å². The molecule has 0 fully saturated rings. The van der Waals surface area contributed by atoms with Gasteiger partial charge in [0.25, 0.3) is 0 Å². The first-order chi connectivity index (χ1) is 7.59. The molecule has 0 aliphatic heterocycles. The molecule has 0 aliphatic rings. The van der Waals surface area contributed by atoms with Gasteiger partial charge in [0.1, 0.15) is 11.9 Å². The highest BCUT2D eigenvalue weighted by molar-refractivity contribution is 5.29. The number of hydrogen-bond donors (Lipinski definition) is 1. The van der Waals surface area contributed by atoms with Gasteiger partial charge in [0.2, 0.25) is 0 Å². The van der Waals surface area contributed by atoms with Crippen LogP contribution in [0.15, 0.2) is 30.7 Å². The molecular weight excluding hydrogens is 207 g/mol. The maximum atomic E-state index is 13.1. The molecule has 4 heteroatoms. The molecule has 1 aromatic carbocycles. The van der Waals surface area contributed by atoms with Crippen molar-refractivity contribution in [3.8, 4) is 0 Å². The Balaban J connectivity index is 2.38. The molecule has 1 aromatic heterocycles. The van der Waals surface area contributed by atoms with Gasteiger partial charge in [-0.3, -0.25) is 0 Å². The Bertz CT molecular complexity index is 507. The van der Waals surface area contributed by atoms with Gasteiger partial charge in [-0.1, -0.05) is 12.1 Å². The number of aliphatic hydroxyl groups is 1. The summed E-state index contributed by atoms with van der Waals surface area (Å²) >= 11 is 0. The minimum absolute atomic E-state index is 0.263. The van der Waals surface area contributed by atoms with Crippen molar-refractivity contribution in [3.63, 3.8) is 0 Å². The maximum absolute atomic E-state index is 13.1. The monoisotopic (exact) mass is 220 g/mol. The number of nitrogens with zero attached hydrogens (tertiary/aromatic N) is 2. The summed E-state index contributed by atoms with van der Waals surface area (Å²) in [5, 5.41) is 10.1. The second-order valence-electron chi connectivity index (χ2n) is 3.84. The molecule has 0 saturated heterocycles. The van der Waals surface area contributed by atoms with Crippen molar-refractivity contribution in [1.29, 1.82) is 0 Å². The van der Waals surface area contributed by atoms with E-state index < -0.39 is 6.10 Å². The van der Waals surface area contributed by atoms with E-state index in [1.54, 1.807) is 36.1 Å². The summed E-state index contributed by atoms with van der Waals surface area (Å²) in [6, 6.07) is 4.59. The highest BCUT2D eigenvalue weighted by atomic mass is 19.1. The summed E-state index contributed by atoms with van der Waals surface area (Å²) in [7, 11) is 1.81. The van der Waals surface area contributed by atoms with Crippen LogP contribution in [0.3, 0.4) is 0 Å². The summed E-state index contributed by atoms with van der Waals surface area (Å²) in [5.41, 5.74) is 1.88. The fourth-order valence-electron chi connectivity index (χ4n) is 1.64. The van der Waals surface area contributed by atoms with Crippen molar-refractivity contribution in [1.82, 2.24) is 9.55 Å². The molecule has 1 heterocycles. The molecule has 2 aromatic rings. The predicted molar refractivity (Wildman–Crippen MR) is 58.4 cm³/mol. The molecule has 0 bridgehead atoms. The van der Waals surface area contributed by atoms with E-state index in [2.05, 4.69) is 4.98 Å². The maximum Gasteiger partial charge on any atom is 0.126 e. The van der Waals surface area contributed by atoms with E-state index in [9.17, 15) is 9.50 Å². The predicted octanol–water partition coefficient (Wildman–Crippen LogP) is 1.95. The number of hydrogen-bond acceptors (Lipinski definition) is 2. The van der Waals surface area contributed by atoms with Crippen molar-refractivity contribution >= 4 is 0 Å². The molecule has 84 valence electrons. The van der Waals surface area contributed by atoms with Gasteiger partial charge < -0.3 is 9.67 Å². The molecule has 0 amide bonds. The normalized spacial score (nSPS) is 12.8. The van der Waals surface area contributed by atoms with Crippen LogP contribution in [0.5, 0.6) is 0 Å². The van der Waals surface area contributed by atoms with Gasteiger partial charge in [0.15, 0.2) is 0 Å². The van der Waals surface area contributed by atoms with Crippen molar-refractivity contribution in [2.45, 2.75) is 13.0 Å². The SMILES string of the molecule is Cc1cc(C(O)c2cncn2C)ccc1F. The smallest absolute Gasteiger partial charge is 0.126 e. The third kappa shape index (κ3) is 1.84. The molecule has 1 atom stereocenters. The summed E-state index contributed by atoms with van der Waals surface area (Å²) < 4.78 is 14.8. The van der Waals surface area contributed by atoms with Crippen LogP contribution in [0.4, 0.5) is 4.39 Å². The summed E-state index contributed by atoms with van der Waals surface area (Å²) in [4.78, 5) is 3.94. The van der Waals surface area contributed by atoms with E-state index >= 15 is 0 Å². The van der Waals surface area contributed by atoms with Crippen LogP contribution in [-0.4, -0.2) is 14.7 Å². The lowest BCUT2D eigenvalue weighted by molar-refractivity contribution is 0.211. The fraction of sp³-hybridized carbons (Fsp3) is 0.250. The van der Waals surface area contributed by atoms with Gasteiger partial charge in [-0.2, -0.15) is 0 Å². The Morgan fingerprint density at radius 1 is 1.44 bits per heavy atom. The average molecular weight is 220 g/mol. The van der Waals surface area contributed by atoms with Gasteiger partial charge in [-0.25, -0.2) is 9.37 Å². The molecule has 0 radical (unpaired) electrons. The van der Waals surface area contributed by atoms with E-state index in [4.69, 9.17) is 0 Å². The second kappa shape index (κ2) is 4.06. The van der Waals surface area contributed by atoms with Crippen LogP contribution in [-0.2, 0) is 7.05 Å². The summed E-state index contributed by atoms with van der Waals surface area (Å²) in [6.45, 7) is 1.68. The van der Waals surface area contributed by atoms with Gasteiger partial charge in [-0.05, 0) is 24.1 Å². The zero-order valence-corrected chi connectivity index (χ0v) is 9.18. The average Bonchev–Trinajstić information content (AvgIpc) is 2.67. The second-order valence-corrected chi connectivity index (χ2v) is 3.84. The van der Waals surface area contributed by atoms with Crippen molar-refractivity contribution in [2.75, 3.05) is 0 Å². The number of imidazole rings is 1. The largest absolute Gasteiger partial charge is 0.382 e. The molecule has 0 saturated carbocycles. The van der Waals surface area contributed by atoms with Gasteiger partial charge >= 0.3 is 0 Å². The molecule has 0 aliphatic carbocycles. The van der Waals surface area contributed by atoms with Crippen molar-refractivity contribution in [2.24, 2.45) is 7.05 Å². The molecule has 3 nitrogen and oxygen atoms in total. The highest BCUT2D eigenvalue weighted by Gasteiger charge is 2.14. The Hall–Kier alpha value is -1.68.